The molecule has 0 bridgehead atoms. The number of rotatable bonds is 4. The van der Waals surface area contributed by atoms with Gasteiger partial charge in [-0.2, -0.15) is 0 Å². The molecule has 17 heavy (non-hydrogen) atoms. The van der Waals surface area contributed by atoms with Gasteiger partial charge in [-0.15, -0.1) is 0 Å². The van der Waals surface area contributed by atoms with Crippen LogP contribution in [0.5, 0.6) is 0 Å². The molecular formula is C14H22N2O. The summed E-state index contributed by atoms with van der Waals surface area (Å²) in [6, 6.07) is 7.92. The van der Waals surface area contributed by atoms with Gasteiger partial charge in [0.25, 0.3) is 0 Å². The largest absolute Gasteiger partial charge is 0.398 e. The average molecular weight is 234 g/mol. The number of benzene rings is 1. The van der Waals surface area contributed by atoms with Crippen LogP contribution < -0.4 is 5.73 Å². The molecule has 2 rings (SSSR count). The molecule has 0 amide bonds. The molecule has 3 nitrogen and oxygen atoms in total. The van der Waals surface area contributed by atoms with E-state index in [1.165, 1.54) is 0 Å². The van der Waals surface area contributed by atoms with Crippen molar-refractivity contribution in [3.05, 3.63) is 29.8 Å². The normalized spacial score (nSPS) is 18.8. The molecule has 0 aliphatic heterocycles. The summed E-state index contributed by atoms with van der Waals surface area (Å²) in [6.45, 7) is 1.54. The van der Waals surface area contributed by atoms with E-state index in [-0.39, 0.29) is 0 Å². The second-order valence-electron chi connectivity index (χ2n) is 5.30. The first-order valence-corrected chi connectivity index (χ1v) is 6.33. The summed E-state index contributed by atoms with van der Waals surface area (Å²) >= 11 is 0. The number of para-hydroxylation sites is 1. The van der Waals surface area contributed by atoms with Crippen molar-refractivity contribution >= 4 is 5.69 Å². The monoisotopic (exact) mass is 234 g/mol. The zero-order valence-corrected chi connectivity index (χ0v) is 10.5. The molecule has 0 unspecified atom stereocenters. The molecule has 1 aromatic rings. The lowest BCUT2D eigenvalue weighted by molar-refractivity contribution is 0.0146. The third-order valence-electron chi connectivity index (χ3n) is 3.59. The van der Waals surface area contributed by atoms with Gasteiger partial charge in [0.05, 0.1) is 5.60 Å². The molecule has 3 heteroatoms. The predicted molar refractivity (Wildman–Crippen MR) is 70.6 cm³/mol. The van der Waals surface area contributed by atoms with E-state index >= 15 is 0 Å². The van der Waals surface area contributed by atoms with Crippen molar-refractivity contribution in [2.75, 3.05) is 19.3 Å². The second kappa shape index (κ2) is 5.07. The summed E-state index contributed by atoms with van der Waals surface area (Å²) in [5, 5.41) is 10.3. The number of anilines is 1. The van der Waals surface area contributed by atoms with Crippen LogP contribution in [0.2, 0.25) is 0 Å². The van der Waals surface area contributed by atoms with Crippen molar-refractivity contribution in [1.29, 1.82) is 0 Å². The summed E-state index contributed by atoms with van der Waals surface area (Å²) in [4.78, 5) is 2.16. The maximum atomic E-state index is 10.3. The van der Waals surface area contributed by atoms with Crippen LogP contribution in [-0.2, 0) is 6.54 Å². The predicted octanol–water partition coefficient (Wildman–Crippen LogP) is 2.01. The number of aliphatic hydroxyl groups is 1. The first-order chi connectivity index (χ1) is 8.09. The Morgan fingerprint density at radius 2 is 1.94 bits per heavy atom. The number of likely N-dealkylation sites (N-methyl/N-ethyl adjacent to an activating group) is 1. The minimum Gasteiger partial charge on any atom is -0.398 e. The number of nitrogen functional groups attached to an aromatic ring is 1. The van der Waals surface area contributed by atoms with Gasteiger partial charge in [0.2, 0.25) is 0 Å². The number of hydrogen-bond acceptors (Lipinski definition) is 3. The molecule has 1 saturated carbocycles. The summed E-state index contributed by atoms with van der Waals surface area (Å²) in [5.74, 6) is 0. The Morgan fingerprint density at radius 1 is 1.29 bits per heavy atom. The number of nitrogens with two attached hydrogens (primary N) is 1. The van der Waals surface area contributed by atoms with Crippen LogP contribution in [0.15, 0.2) is 24.3 Å². The van der Waals surface area contributed by atoms with Gasteiger partial charge in [-0.1, -0.05) is 31.0 Å². The Hall–Kier alpha value is -1.06. The third kappa shape index (κ3) is 3.20. The van der Waals surface area contributed by atoms with Crippen LogP contribution in [0.4, 0.5) is 5.69 Å². The van der Waals surface area contributed by atoms with E-state index in [9.17, 15) is 5.11 Å². The Balaban J connectivity index is 1.93. The summed E-state index contributed by atoms with van der Waals surface area (Å²) < 4.78 is 0. The molecular weight excluding hydrogens is 212 g/mol. The lowest BCUT2D eigenvalue weighted by Crippen LogP contribution is -2.38. The number of nitrogens with zero attached hydrogens (tertiary/aromatic N) is 1. The molecule has 94 valence electrons. The molecule has 0 saturated heterocycles. The standard InChI is InChI=1S/C14H22N2O/c1-16(11-14(17)8-4-5-9-14)10-12-6-2-3-7-13(12)15/h2-3,6-7,17H,4-5,8-11,15H2,1H3. The highest BCUT2D eigenvalue weighted by Crippen LogP contribution is 2.30. The highest BCUT2D eigenvalue weighted by Gasteiger charge is 2.32. The molecule has 0 atom stereocenters. The zero-order valence-electron chi connectivity index (χ0n) is 10.5. The van der Waals surface area contributed by atoms with Crippen molar-refractivity contribution < 1.29 is 5.11 Å². The molecule has 1 aliphatic rings. The highest BCUT2D eigenvalue weighted by molar-refractivity contribution is 5.46. The van der Waals surface area contributed by atoms with Gasteiger partial charge in [0, 0.05) is 18.8 Å². The van der Waals surface area contributed by atoms with E-state index < -0.39 is 5.60 Å². The lowest BCUT2D eigenvalue weighted by atomic mass is 10.0. The minimum absolute atomic E-state index is 0.474. The topological polar surface area (TPSA) is 49.5 Å². The fourth-order valence-corrected chi connectivity index (χ4v) is 2.72. The summed E-state index contributed by atoms with van der Waals surface area (Å²) in [5.41, 5.74) is 7.41. The van der Waals surface area contributed by atoms with Crippen LogP contribution >= 0.6 is 0 Å². The van der Waals surface area contributed by atoms with Gasteiger partial charge in [0.1, 0.15) is 0 Å². The molecule has 0 aromatic heterocycles. The zero-order chi connectivity index (χ0) is 12.3. The average Bonchev–Trinajstić information content (AvgIpc) is 2.68. The third-order valence-corrected chi connectivity index (χ3v) is 3.59. The molecule has 3 N–H and O–H groups in total. The molecule has 1 aliphatic carbocycles. The first kappa shape index (κ1) is 12.4. The Bertz CT molecular complexity index is 372. The van der Waals surface area contributed by atoms with Crippen molar-refractivity contribution in [3.63, 3.8) is 0 Å². The van der Waals surface area contributed by atoms with Gasteiger partial charge in [-0.3, -0.25) is 4.90 Å². The quantitative estimate of drug-likeness (QED) is 0.783. The first-order valence-electron chi connectivity index (χ1n) is 6.33. The molecule has 0 heterocycles. The van der Waals surface area contributed by atoms with Gasteiger partial charge in [0.15, 0.2) is 0 Å². The Labute approximate surface area is 103 Å². The second-order valence-corrected chi connectivity index (χ2v) is 5.30. The Kier molecular flexibility index (Phi) is 3.69. The van der Waals surface area contributed by atoms with Gasteiger partial charge < -0.3 is 10.8 Å². The van der Waals surface area contributed by atoms with E-state index in [2.05, 4.69) is 4.90 Å². The maximum Gasteiger partial charge on any atom is 0.0774 e. The van der Waals surface area contributed by atoms with Crippen molar-refractivity contribution in [3.8, 4) is 0 Å². The summed E-state index contributed by atoms with van der Waals surface area (Å²) in [7, 11) is 2.04. The SMILES string of the molecule is CN(Cc1ccccc1N)CC1(O)CCCC1. The van der Waals surface area contributed by atoms with E-state index in [4.69, 9.17) is 5.73 Å². The minimum atomic E-state index is -0.474. The maximum absolute atomic E-state index is 10.3. The van der Waals surface area contributed by atoms with Gasteiger partial charge >= 0.3 is 0 Å². The molecule has 0 radical (unpaired) electrons. The highest BCUT2D eigenvalue weighted by atomic mass is 16.3. The van der Waals surface area contributed by atoms with E-state index in [1.54, 1.807) is 0 Å². The van der Waals surface area contributed by atoms with Gasteiger partial charge in [-0.05, 0) is 31.5 Å². The van der Waals surface area contributed by atoms with Crippen molar-refractivity contribution in [1.82, 2.24) is 4.90 Å². The number of hydrogen-bond donors (Lipinski definition) is 2. The lowest BCUT2D eigenvalue weighted by Gasteiger charge is -2.28. The summed E-state index contributed by atoms with van der Waals surface area (Å²) in [6.07, 6.45) is 4.17. The molecule has 0 spiro atoms. The van der Waals surface area contributed by atoms with Crippen LogP contribution in [-0.4, -0.2) is 29.2 Å². The van der Waals surface area contributed by atoms with E-state index in [1.807, 2.05) is 31.3 Å². The van der Waals surface area contributed by atoms with Crippen LogP contribution in [0, 0.1) is 0 Å². The smallest absolute Gasteiger partial charge is 0.0774 e. The molecule has 1 fully saturated rings. The van der Waals surface area contributed by atoms with E-state index in [0.29, 0.717) is 0 Å². The fraction of sp³-hybridized carbons (Fsp3) is 0.571. The van der Waals surface area contributed by atoms with Crippen molar-refractivity contribution in [2.45, 2.75) is 37.8 Å². The molecule has 1 aromatic carbocycles. The van der Waals surface area contributed by atoms with E-state index in [0.717, 1.165) is 50.0 Å². The van der Waals surface area contributed by atoms with Crippen LogP contribution in [0.1, 0.15) is 31.2 Å². The Morgan fingerprint density at radius 3 is 2.59 bits per heavy atom. The van der Waals surface area contributed by atoms with Gasteiger partial charge in [-0.25, -0.2) is 0 Å². The van der Waals surface area contributed by atoms with Crippen molar-refractivity contribution in [2.24, 2.45) is 0 Å². The fourth-order valence-electron chi connectivity index (χ4n) is 2.72. The van der Waals surface area contributed by atoms with Crippen LogP contribution in [0.3, 0.4) is 0 Å². The van der Waals surface area contributed by atoms with Crippen LogP contribution in [0.25, 0.3) is 0 Å².